The minimum Gasteiger partial charge on any atom is -0.367 e. The number of rotatable bonds is 6. The Morgan fingerprint density at radius 1 is 1.35 bits per heavy atom. The number of likely N-dealkylation sites (N-methyl/N-ethyl adjacent to an activating group) is 2. The molecule has 1 atom stereocenters. The van der Waals surface area contributed by atoms with Crippen molar-refractivity contribution in [2.45, 2.75) is 33.7 Å². The van der Waals surface area contributed by atoms with E-state index in [2.05, 4.69) is 23.6 Å². The SMILES string of the molecule is CCN(c1cc(C)c(F)cc1C(C)=O)C(C)CN(C)C. The van der Waals surface area contributed by atoms with E-state index in [4.69, 9.17) is 0 Å². The van der Waals surface area contributed by atoms with Gasteiger partial charge in [-0.3, -0.25) is 4.79 Å². The molecular formula is C16H25FN2O. The van der Waals surface area contributed by atoms with Crippen molar-refractivity contribution in [2.75, 3.05) is 32.1 Å². The number of carbonyl (C=O) groups is 1. The summed E-state index contributed by atoms with van der Waals surface area (Å²) in [7, 11) is 4.04. The van der Waals surface area contributed by atoms with E-state index in [0.29, 0.717) is 11.1 Å². The molecule has 0 amide bonds. The van der Waals surface area contributed by atoms with Crippen molar-refractivity contribution in [1.29, 1.82) is 0 Å². The van der Waals surface area contributed by atoms with Crippen molar-refractivity contribution in [3.63, 3.8) is 0 Å². The van der Waals surface area contributed by atoms with Crippen LogP contribution in [0, 0.1) is 12.7 Å². The number of hydrogen-bond donors (Lipinski definition) is 0. The van der Waals surface area contributed by atoms with Crippen molar-refractivity contribution in [3.8, 4) is 0 Å². The summed E-state index contributed by atoms with van der Waals surface area (Å²) >= 11 is 0. The molecule has 0 saturated heterocycles. The minimum absolute atomic E-state index is 0.102. The van der Waals surface area contributed by atoms with Gasteiger partial charge in [0.15, 0.2) is 5.78 Å². The Balaban J connectivity index is 3.26. The lowest BCUT2D eigenvalue weighted by atomic mass is 10.0. The Hall–Kier alpha value is -1.42. The fourth-order valence-electron chi connectivity index (χ4n) is 2.53. The highest BCUT2D eigenvalue weighted by Gasteiger charge is 2.20. The lowest BCUT2D eigenvalue weighted by molar-refractivity contribution is 0.101. The Labute approximate surface area is 121 Å². The maximum atomic E-state index is 13.7. The minimum atomic E-state index is -0.324. The lowest BCUT2D eigenvalue weighted by Gasteiger charge is -2.33. The van der Waals surface area contributed by atoms with Crippen LogP contribution in [0.4, 0.5) is 10.1 Å². The van der Waals surface area contributed by atoms with Crippen molar-refractivity contribution >= 4 is 11.5 Å². The van der Waals surface area contributed by atoms with Crippen LogP contribution < -0.4 is 4.90 Å². The van der Waals surface area contributed by atoms with Crippen LogP contribution in [-0.2, 0) is 0 Å². The first-order valence-electron chi connectivity index (χ1n) is 7.00. The zero-order valence-corrected chi connectivity index (χ0v) is 13.3. The van der Waals surface area contributed by atoms with E-state index in [1.807, 2.05) is 14.1 Å². The maximum Gasteiger partial charge on any atom is 0.161 e. The molecule has 4 heteroatoms. The number of ketones is 1. The Morgan fingerprint density at radius 2 is 1.95 bits per heavy atom. The fraction of sp³-hybridized carbons (Fsp3) is 0.562. The van der Waals surface area contributed by atoms with Crippen molar-refractivity contribution < 1.29 is 9.18 Å². The summed E-state index contributed by atoms with van der Waals surface area (Å²) in [5, 5.41) is 0. The third-order valence-electron chi connectivity index (χ3n) is 3.47. The van der Waals surface area contributed by atoms with E-state index in [0.717, 1.165) is 18.8 Å². The van der Waals surface area contributed by atoms with Gasteiger partial charge in [0.1, 0.15) is 5.82 Å². The van der Waals surface area contributed by atoms with E-state index in [9.17, 15) is 9.18 Å². The second-order valence-electron chi connectivity index (χ2n) is 5.57. The van der Waals surface area contributed by atoms with Gasteiger partial charge in [0.25, 0.3) is 0 Å². The zero-order valence-electron chi connectivity index (χ0n) is 13.3. The molecule has 1 unspecified atom stereocenters. The average Bonchev–Trinajstić information content (AvgIpc) is 2.32. The second kappa shape index (κ2) is 6.84. The standard InChI is InChI=1S/C16H25FN2O/c1-7-19(12(3)10-18(5)6)16-8-11(2)15(17)9-14(16)13(4)20/h8-9,12H,7,10H2,1-6H3. The first-order valence-corrected chi connectivity index (χ1v) is 7.00. The summed E-state index contributed by atoms with van der Waals surface area (Å²) in [6.07, 6.45) is 0. The monoisotopic (exact) mass is 280 g/mol. The van der Waals surface area contributed by atoms with Gasteiger partial charge in [-0.1, -0.05) is 0 Å². The summed E-state index contributed by atoms with van der Waals surface area (Å²) < 4.78 is 13.7. The largest absolute Gasteiger partial charge is 0.367 e. The van der Waals surface area contributed by atoms with E-state index in [-0.39, 0.29) is 17.6 Å². The third kappa shape index (κ3) is 3.79. The van der Waals surface area contributed by atoms with Crippen LogP contribution in [-0.4, -0.2) is 43.9 Å². The zero-order chi connectivity index (χ0) is 15.4. The molecule has 0 spiro atoms. The molecule has 0 heterocycles. The summed E-state index contributed by atoms with van der Waals surface area (Å²) in [4.78, 5) is 16.1. The fourth-order valence-corrected chi connectivity index (χ4v) is 2.53. The summed E-state index contributed by atoms with van der Waals surface area (Å²) in [6, 6.07) is 3.39. The number of aryl methyl sites for hydroxylation is 1. The number of halogens is 1. The first kappa shape index (κ1) is 16.6. The van der Waals surface area contributed by atoms with Gasteiger partial charge < -0.3 is 9.80 Å². The summed E-state index contributed by atoms with van der Waals surface area (Å²) in [5.74, 6) is -0.426. The number of hydrogen-bond acceptors (Lipinski definition) is 3. The molecule has 0 radical (unpaired) electrons. The molecule has 1 aromatic carbocycles. The van der Waals surface area contributed by atoms with Crippen LogP contribution >= 0.6 is 0 Å². The molecule has 0 fully saturated rings. The highest BCUT2D eigenvalue weighted by Crippen LogP contribution is 2.26. The number of carbonyl (C=O) groups excluding carboxylic acids is 1. The van der Waals surface area contributed by atoms with E-state index in [1.54, 1.807) is 13.0 Å². The molecule has 1 aromatic rings. The number of anilines is 1. The van der Waals surface area contributed by atoms with Gasteiger partial charge in [-0.05, 0) is 59.5 Å². The van der Waals surface area contributed by atoms with Crippen LogP contribution in [0.5, 0.6) is 0 Å². The molecule has 0 N–H and O–H groups in total. The van der Waals surface area contributed by atoms with Crippen molar-refractivity contribution in [2.24, 2.45) is 0 Å². The molecule has 0 aromatic heterocycles. The van der Waals surface area contributed by atoms with Crippen molar-refractivity contribution in [1.82, 2.24) is 4.90 Å². The molecule has 20 heavy (non-hydrogen) atoms. The second-order valence-corrected chi connectivity index (χ2v) is 5.57. The molecule has 0 bridgehead atoms. The Bertz CT molecular complexity index is 486. The third-order valence-corrected chi connectivity index (χ3v) is 3.47. The topological polar surface area (TPSA) is 23.6 Å². The predicted molar refractivity (Wildman–Crippen MR) is 82.2 cm³/mol. The number of Topliss-reactive ketones (excluding diaryl/α,β-unsaturated/α-hetero) is 1. The van der Waals surface area contributed by atoms with Crippen LogP contribution in [0.1, 0.15) is 36.7 Å². The van der Waals surface area contributed by atoms with Gasteiger partial charge in [0.2, 0.25) is 0 Å². The average molecular weight is 280 g/mol. The highest BCUT2D eigenvalue weighted by molar-refractivity contribution is 6.00. The number of nitrogens with zero attached hydrogens (tertiary/aromatic N) is 2. The van der Waals surface area contributed by atoms with Crippen LogP contribution in [0.2, 0.25) is 0 Å². The molecule has 0 aliphatic carbocycles. The van der Waals surface area contributed by atoms with E-state index in [1.165, 1.54) is 13.0 Å². The van der Waals surface area contributed by atoms with Crippen LogP contribution in [0.3, 0.4) is 0 Å². The molecule has 3 nitrogen and oxygen atoms in total. The molecule has 0 aliphatic rings. The van der Waals surface area contributed by atoms with E-state index >= 15 is 0 Å². The normalized spacial score (nSPS) is 12.6. The van der Waals surface area contributed by atoms with Crippen molar-refractivity contribution in [3.05, 3.63) is 29.1 Å². The highest BCUT2D eigenvalue weighted by atomic mass is 19.1. The van der Waals surface area contributed by atoms with Gasteiger partial charge in [0, 0.05) is 30.4 Å². The smallest absolute Gasteiger partial charge is 0.161 e. The summed E-state index contributed by atoms with van der Waals surface area (Å²) in [5.41, 5.74) is 1.86. The van der Waals surface area contributed by atoms with Crippen LogP contribution in [0.15, 0.2) is 12.1 Å². The molecular weight excluding hydrogens is 255 g/mol. The predicted octanol–water partition coefficient (Wildman–Crippen LogP) is 3.11. The van der Waals surface area contributed by atoms with Crippen LogP contribution in [0.25, 0.3) is 0 Å². The lowest BCUT2D eigenvalue weighted by Crippen LogP contribution is -2.40. The molecule has 1 rings (SSSR count). The van der Waals surface area contributed by atoms with Gasteiger partial charge >= 0.3 is 0 Å². The molecule has 0 saturated carbocycles. The molecule has 112 valence electrons. The molecule has 0 aliphatic heterocycles. The van der Waals surface area contributed by atoms with Gasteiger partial charge in [-0.2, -0.15) is 0 Å². The number of benzene rings is 1. The van der Waals surface area contributed by atoms with Gasteiger partial charge in [-0.15, -0.1) is 0 Å². The maximum absolute atomic E-state index is 13.7. The van der Waals surface area contributed by atoms with E-state index < -0.39 is 0 Å². The quantitative estimate of drug-likeness (QED) is 0.748. The first-order chi connectivity index (χ1) is 9.27. The Kier molecular flexibility index (Phi) is 5.69. The Morgan fingerprint density at radius 3 is 2.40 bits per heavy atom. The van der Waals surface area contributed by atoms with Gasteiger partial charge in [-0.25, -0.2) is 4.39 Å². The van der Waals surface area contributed by atoms with Gasteiger partial charge in [0.05, 0.1) is 0 Å². The summed E-state index contributed by atoms with van der Waals surface area (Å²) in [6.45, 7) is 9.04.